The summed E-state index contributed by atoms with van der Waals surface area (Å²) in [5.74, 6) is 0.866. The molecule has 0 saturated heterocycles. The SMILES string of the molecule is COc1cccc2c1[nH]c(=S)n2C1CCC(SC)CC1. The number of aromatic amines is 1. The van der Waals surface area contributed by atoms with E-state index in [0.29, 0.717) is 6.04 Å². The van der Waals surface area contributed by atoms with E-state index in [-0.39, 0.29) is 0 Å². The second-order valence-electron chi connectivity index (χ2n) is 5.32. The van der Waals surface area contributed by atoms with Crippen LogP contribution in [0.1, 0.15) is 31.7 Å². The molecular formula is C15H20N2OS2. The van der Waals surface area contributed by atoms with Gasteiger partial charge in [-0.3, -0.25) is 0 Å². The minimum atomic E-state index is 0.520. The summed E-state index contributed by atoms with van der Waals surface area (Å²) in [6.45, 7) is 0. The molecule has 1 heterocycles. The number of rotatable bonds is 3. The van der Waals surface area contributed by atoms with E-state index in [1.807, 2.05) is 23.9 Å². The topological polar surface area (TPSA) is 29.9 Å². The maximum Gasteiger partial charge on any atom is 0.178 e. The fraction of sp³-hybridized carbons (Fsp3) is 0.533. The van der Waals surface area contributed by atoms with Gasteiger partial charge in [0.25, 0.3) is 0 Å². The van der Waals surface area contributed by atoms with Gasteiger partial charge in [0, 0.05) is 11.3 Å². The lowest BCUT2D eigenvalue weighted by molar-refractivity contribution is 0.364. The number of imidazole rings is 1. The quantitative estimate of drug-likeness (QED) is 0.843. The van der Waals surface area contributed by atoms with Gasteiger partial charge in [-0.05, 0) is 56.3 Å². The summed E-state index contributed by atoms with van der Waals surface area (Å²) < 4.78 is 8.54. The van der Waals surface area contributed by atoms with Crippen molar-refractivity contribution in [3.63, 3.8) is 0 Å². The Bertz CT molecular complexity index is 653. The first-order chi connectivity index (χ1) is 9.74. The molecule has 1 aromatic carbocycles. The number of nitrogens with zero attached hydrogens (tertiary/aromatic N) is 1. The summed E-state index contributed by atoms with van der Waals surface area (Å²) in [4.78, 5) is 3.32. The smallest absolute Gasteiger partial charge is 0.178 e. The molecule has 0 bridgehead atoms. The van der Waals surface area contributed by atoms with E-state index < -0.39 is 0 Å². The number of methoxy groups -OCH3 is 1. The number of ether oxygens (including phenoxy) is 1. The molecule has 1 aliphatic carbocycles. The van der Waals surface area contributed by atoms with Gasteiger partial charge in [-0.2, -0.15) is 11.8 Å². The van der Waals surface area contributed by atoms with Crippen molar-refractivity contribution in [2.45, 2.75) is 37.0 Å². The number of nitrogens with one attached hydrogen (secondary N) is 1. The zero-order chi connectivity index (χ0) is 14.1. The van der Waals surface area contributed by atoms with Crippen LogP contribution in [0.5, 0.6) is 5.75 Å². The Kier molecular flexibility index (Phi) is 4.08. The molecule has 2 aromatic rings. The molecule has 0 unspecified atom stereocenters. The Morgan fingerprint density at radius 2 is 2.05 bits per heavy atom. The third kappa shape index (κ3) is 2.37. The monoisotopic (exact) mass is 308 g/mol. The number of para-hydroxylation sites is 1. The summed E-state index contributed by atoms with van der Waals surface area (Å²) in [6.07, 6.45) is 7.20. The molecule has 20 heavy (non-hydrogen) atoms. The Morgan fingerprint density at radius 1 is 1.30 bits per heavy atom. The molecule has 0 amide bonds. The van der Waals surface area contributed by atoms with Crippen molar-refractivity contribution in [3.8, 4) is 5.75 Å². The Labute approximate surface area is 128 Å². The van der Waals surface area contributed by atoms with Gasteiger partial charge in [-0.25, -0.2) is 0 Å². The van der Waals surface area contributed by atoms with Crippen LogP contribution in [0.15, 0.2) is 18.2 Å². The van der Waals surface area contributed by atoms with Gasteiger partial charge in [0.2, 0.25) is 0 Å². The number of thioether (sulfide) groups is 1. The Balaban J connectivity index is 2.00. The van der Waals surface area contributed by atoms with Crippen molar-refractivity contribution < 1.29 is 4.74 Å². The summed E-state index contributed by atoms with van der Waals surface area (Å²) >= 11 is 7.54. The molecule has 1 aromatic heterocycles. The number of fused-ring (bicyclic) bond motifs is 1. The van der Waals surface area contributed by atoms with Crippen molar-refractivity contribution in [3.05, 3.63) is 23.0 Å². The second kappa shape index (κ2) is 5.82. The van der Waals surface area contributed by atoms with E-state index in [4.69, 9.17) is 17.0 Å². The van der Waals surface area contributed by atoms with Crippen LogP contribution >= 0.6 is 24.0 Å². The molecule has 0 radical (unpaired) electrons. The number of aromatic nitrogens is 2. The third-order valence-electron chi connectivity index (χ3n) is 4.28. The van der Waals surface area contributed by atoms with Crippen molar-refractivity contribution in [1.29, 1.82) is 0 Å². The molecule has 1 fully saturated rings. The van der Waals surface area contributed by atoms with Crippen molar-refractivity contribution in [2.75, 3.05) is 13.4 Å². The van der Waals surface area contributed by atoms with Crippen LogP contribution in [0.3, 0.4) is 0 Å². The zero-order valence-electron chi connectivity index (χ0n) is 11.9. The molecule has 0 spiro atoms. The van der Waals surface area contributed by atoms with Crippen LogP contribution in [0.4, 0.5) is 0 Å². The zero-order valence-corrected chi connectivity index (χ0v) is 13.5. The second-order valence-corrected chi connectivity index (χ2v) is 6.85. The number of hydrogen-bond donors (Lipinski definition) is 1. The van der Waals surface area contributed by atoms with Crippen LogP contribution in [0.2, 0.25) is 0 Å². The highest BCUT2D eigenvalue weighted by atomic mass is 32.2. The van der Waals surface area contributed by atoms with E-state index >= 15 is 0 Å². The average molecular weight is 308 g/mol. The molecule has 3 rings (SSSR count). The fourth-order valence-corrected chi connectivity index (χ4v) is 4.29. The first-order valence-corrected chi connectivity index (χ1v) is 8.74. The molecule has 0 atom stereocenters. The molecule has 3 nitrogen and oxygen atoms in total. The lowest BCUT2D eigenvalue weighted by Crippen LogP contribution is -2.19. The predicted molar refractivity (Wildman–Crippen MR) is 88.5 cm³/mol. The maximum absolute atomic E-state index is 5.55. The molecule has 1 aliphatic rings. The molecule has 1 N–H and O–H groups in total. The standard InChI is InChI=1S/C15H20N2OS2/c1-18-13-5-3-4-12-14(13)16-15(19)17(12)10-6-8-11(20-2)9-7-10/h3-5,10-11H,6-9H2,1-2H3,(H,16,19). The van der Waals surface area contributed by atoms with Gasteiger partial charge in [0.15, 0.2) is 4.77 Å². The van der Waals surface area contributed by atoms with Crippen molar-refractivity contribution in [2.24, 2.45) is 0 Å². The van der Waals surface area contributed by atoms with E-state index in [0.717, 1.165) is 21.3 Å². The fourth-order valence-electron chi connectivity index (χ4n) is 3.19. The highest BCUT2D eigenvalue weighted by Gasteiger charge is 2.24. The molecule has 5 heteroatoms. The molecule has 1 saturated carbocycles. The lowest BCUT2D eigenvalue weighted by atomic mass is 9.94. The van der Waals surface area contributed by atoms with E-state index in [1.54, 1.807) is 7.11 Å². The summed E-state index contributed by atoms with van der Waals surface area (Å²) in [6, 6.07) is 6.66. The summed E-state index contributed by atoms with van der Waals surface area (Å²) in [5, 5.41) is 0.820. The lowest BCUT2D eigenvalue weighted by Gasteiger charge is -2.28. The third-order valence-corrected chi connectivity index (χ3v) is 5.71. The average Bonchev–Trinajstić information content (AvgIpc) is 2.83. The highest BCUT2D eigenvalue weighted by Crippen LogP contribution is 2.36. The summed E-state index contributed by atoms with van der Waals surface area (Å²) in [7, 11) is 1.70. The summed E-state index contributed by atoms with van der Waals surface area (Å²) in [5.41, 5.74) is 2.19. The van der Waals surface area contributed by atoms with Crippen LogP contribution < -0.4 is 4.74 Å². The largest absolute Gasteiger partial charge is 0.494 e. The van der Waals surface area contributed by atoms with Gasteiger partial charge in [-0.1, -0.05) is 6.07 Å². The van der Waals surface area contributed by atoms with Crippen LogP contribution in [0.25, 0.3) is 11.0 Å². The predicted octanol–water partition coefficient (Wildman–Crippen LogP) is 4.55. The Hall–Kier alpha value is -0.940. The molecular weight excluding hydrogens is 288 g/mol. The normalized spacial score (nSPS) is 23.1. The first-order valence-electron chi connectivity index (χ1n) is 7.04. The van der Waals surface area contributed by atoms with E-state index in [9.17, 15) is 0 Å². The van der Waals surface area contributed by atoms with Crippen molar-refractivity contribution >= 4 is 35.0 Å². The highest BCUT2D eigenvalue weighted by molar-refractivity contribution is 7.99. The maximum atomic E-state index is 5.55. The number of hydrogen-bond acceptors (Lipinski definition) is 3. The number of H-pyrrole nitrogens is 1. The van der Waals surface area contributed by atoms with Gasteiger partial charge >= 0.3 is 0 Å². The minimum absolute atomic E-state index is 0.520. The first kappa shape index (κ1) is 14.0. The van der Waals surface area contributed by atoms with Gasteiger partial charge in [0.1, 0.15) is 11.3 Å². The van der Waals surface area contributed by atoms with Gasteiger partial charge < -0.3 is 14.3 Å². The Morgan fingerprint density at radius 3 is 2.70 bits per heavy atom. The number of benzene rings is 1. The molecule has 108 valence electrons. The van der Waals surface area contributed by atoms with E-state index in [2.05, 4.69) is 21.9 Å². The minimum Gasteiger partial charge on any atom is -0.494 e. The van der Waals surface area contributed by atoms with Crippen LogP contribution in [-0.2, 0) is 0 Å². The van der Waals surface area contributed by atoms with E-state index in [1.165, 1.54) is 31.2 Å². The molecule has 0 aliphatic heterocycles. The van der Waals surface area contributed by atoms with Crippen molar-refractivity contribution in [1.82, 2.24) is 9.55 Å². The van der Waals surface area contributed by atoms with Gasteiger partial charge in [-0.15, -0.1) is 0 Å². The van der Waals surface area contributed by atoms with Crippen LogP contribution in [-0.4, -0.2) is 28.2 Å². The van der Waals surface area contributed by atoms with Gasteiger partial charge in [0.05, 0.1) is 12.6 Å². The van der Waals surface area contributed by atoms with Crippen LogP contribution in [0, 0.1) is 4.77 Å².